The Kier molecular flexibility index (Phi) is 5.37. The largest absolute Gasteiger partial charge is 0.325 e. The molecule has 7 heteroatoms. The molecule has 0 saturated carbocycles. The van der Waals surface area contributed by atoms with Gasteiger partial charge in [0.05, 0.1) is 10.8 Å². The van der Waals surface area contributed by atoms with Gasteiger partial charge in [-0.3, -0.25) is 4.79 Å². The number of nitrogens with zero attached hydrogens (tertiary/aromatic N) is 3. The van der Waals surface area contributed by atoms with Gasteiger partial charge in [-0.2, -0.15) is 0 Å². The van der Waals surface area contributed by atoms with Crippen LogP contribution < -0.4 is 5.32 Å². The van der Waals surface area contributed by atoms with Gasteiger partial charge in [-0.1, -0.05) is 42.1 Å². The number of carbonyl (C=O) groups is 1. The molecule has 1 aromatic heterocycles. The smallest absolute Gasteiger partial charge is 0.237 e. The number of halogens is 1. The summed E-state index contributed by atoms with van der Waals surface area (Å²) in [6, 6.07) is 14.0. The number of thioether (sulfide) groups is 1. The highest BCUT2D eigenvalue weighted by atomic mass is 32.2. The Hall–Kier alpha value is -2.67. The van der Waals surface area contributed by atoms with E-state index in [2.05, 4.69) is 15.5 Å². The van der Waals surface area contributed by atoms with Gasteiger partial charge in [-0.25, -0.2) is 4.39 Å². The average Bonchev–Trinajstić information content (AvgIpc) is 2.98. The number of aromatic nitrogens is 3. The zero-order valence-corrected chi connectivity index (χ0v) is 15.5. The molecule has 0 aliphatic carbocycles. The van der Waals surface area contributed by atoms with Crippen LogP contribution in [0.1, 0.15) is 12.5 Å². The molecule has 0 spiro atoms. The second-order valence-corrected chi connectivity index (χ2v) is 7.22. The van der Waals surface area contributed by atoms with Crippen LogP contribution in [0.15, 0.2) is 53.7 Å². The fourth-order valence-electron chi connectivity index (χ4n) is 2.45. The molecule has 1 N–H and O–H groups in total. The number of para-hydroxylation sites is 1. The van der Waals surface area contributed by atoms with Crippen LogP contribution >= 0.6 is 11.8 Å². The van der Waals surface area contributed by atoms with Crippen LogP contribution in [0.5, 0.6) is 0 Å². The first-order valence-corrected chi connectivity index (χ1v) is 9.02. The molecular formula is C19H19FN4OS. The number of carbonyl (C=O) groups excluding carboxylic acids is 1. The predicted octanol–water partition coefficient (Wildman–Crippen LogP) is 4.05. The lowest BCUT2D eigenvalue weighted by molar-refractivity contribution is -0.115. The van der Waals surface area contributed by atoms with Crippen molar-refractivity contribution in [2.24, 2.45) is 7.05 Å². The normalized spacial score (nSPS) is 12.0. The van der Waals surface area contributed by atoms with Gasteiger partial charge in [0.25, 0.3) is 0 Å². The van der Waals surface area contributed by atoms with Gasteiger partial charge < -0.3 is 9.88 Å². The highest BCUT2D eigenvalue weighted by molar-refractivity contribution is 8.00. The number of aryl methyl sites for hydroxylation is 1. The van der Waals surface area contributed by atoms with Gasteiger partial charge in [0.2, 0.25) is 5.91 Å². The summed E-state index contributed by atoms with van der Waals surface area (Å²) < 4.78 is 15.7. The summed E-state index contributed by atoms with van der Waals surface area (Å²) in [7, 11) is 1.76. The maximum Gasteiger partial charge on any atom is 0.237 e. The van der Waals surface area contributed by atoms with E-state index in [-0.39, 0.29) is 17.0 Å². The molecule has 1 heterocycles. The molecule has 0 aliphatic rings. The standard InChI is InChI=1S/C19H19FN4OS/c1-12-8-4-7-11-16(12)21-18(25)13(2)26-19-23-22-17(24(19)3)14-9-5-6-10-15(14)20/h4-11,13H,1-3H3,(H,21,25). The molecule has 0 saturated heterocycles. The average molecular weight is 370 g/mol. The van der Waals surface area contributed by atoms with E-state index in [1.807, 2.05) is 31.2 Å². The van der Waals surface area contributed by atoms with Gasteiger partial charge in [0, 0.05) is 12.7 Å². The summed E-state index contributed by atoms with van der Waals surface area (Å²) in [5.74, 6) is -0.0539. The SMILES string of the molecule is Cc1ccccc1NC(=O)C(C)Sc1nnc(-c2ccccc2F)n1C. The minimum absolute atomic E-state index is 0.125. The lowest BCUT2D eigenvalue weighted by Gasteiger charge is -2.13. The number of hydrogen-bond donors (Lipinski definition) is 1. The summed E-state index contributed by atoms with van der Waals surface area (Å²) in [5.41, 5.74) is 2.17. The van der Waals surface area contributed by atoms with Crippen molar-refractivity contribution in [2.75, 3.05) is 5.32 Å². The molecule has 1 unspecified atom stereocenters. The molecule has 0 bridgehead atoms. The molecule has 2 aromatic carbocycles. The van der Waals surface area contributed by atoms with E-state index in [0.717, 1.165) is 11.3 Å². The molecule has 26 heavy (non-hydrogen) atoms. The number of hydrogen-bond acceptors (Lipinski definition) is 4. The Morgan fingerprint density at radius 3 is 2.58 bits per heavy atom. The third-order valence-corrected chi connectivity index (χ3v) is 5.14. The van der Waals surface area contributed by atoms with Gasteiger partial charge in [0.1, 0.15) is 5.82 Å². The van der Waals surface area contributed by atoms with Crippen molar-refractivity contribution < 1.29 is 9.18 Å². The molecule has 3 aromatic rings. The zero-order valence-electron chi connectivity index (χ0n) is 14.7. The van der Waals surface area contributed by atoms with Crippen LogP contribution in [0.3, 0.4) is 0 Å². The van der Waals surface area contributed by atoms with E-state index in [1.54, 1.807) is 36.7 Å². The predicted molar refractivity (Wildman–Crippen MR) is 102 cm³/mol. The Morgan fingerprint density at radius 2 is 1.85 bits per heavy atom. The summed E-state index contributed by atoms with van der Waals surface area (Å²) in [5, 5.41) is 11.3. The van der Waals surface area contributed by atoms with Gasteiger partial charge in [-0.15, -0.1) is 10.2 Å². The van der Waals surface area contributed by atoms with Crippen LogP contribution in [-0.2, 0) is 11.8 Å². The third kappa shape index (κ3) is 3.77. The highest BCUT2D eigenvalue weighted by Crippen LogP contribution is 2.27. The van der Waals surface area contributed by atoms with Crippen molar-refractivity contribution in [2.45, 2.75) is 24.3 Å². The zero-order chi connectivity index (χ0) is 18.7. The first-order valence-electron chi connectivity index (χ1n) is 8.15. The Morgan fingerprint density at radius 1 is 1.15 bits per heavy atom. The molecule has 1 atom stereocenters. The number of benzene rings is 2. The fourth-order valence-corrected chi connectivity index (χ4v) is 3.27. The fraction of sp³-hybridized carbons (Fsp3) is 0.211. The van der Waals surface area contributed by atoms with Crippen molar-refractivity contribution >= 4 is 23.4 Å². The van der Waals surface area contributed by atoms with Crippen LogP contribution in [0, 0.1) is 12.7 Å². The molecule has 5 nitrogen and oxygen atoms in total. The van der Waals surface area contributed by atoms with Crippen molar-refractivity contribution in [1.29, 1.82) is 0 Å². The lowest BCUT2D eigenvalue weighted by atomic mass is 10.2. The number of amides is 1. The minimum Gasteiger partial charge on any atom is -0.325 e. The summed E-state index contributed by atoms with van der Waals surface area (Å²) in [6.07, 6.45) is 0. The van der Waals surface area contributed by atoms with E-state index in [9.17, 15) is 9.18 Å². The maximum atomic E-state index is 14.0. The topological polar surface area (TPSA) is 59.8 Å². The van der Waals surface area contributed by atoms with Crippen molar-refractivity contribution in [3.05, 3.63) is 59.9 Å². The van der Waals surface area contributed by atoms with E-state index < -0.39 is 0 Å². The van der Waals surface area contributed by atoms with Crippen LogP contribution in [0.25, 0.3) is 11.4 Å². The van der Waals surface area contributed by atoms with Crippen molar-refractivity contribution in [3.63, 3.8) is 0 Å². The molecule has 0 radical (unpaired) electrons. The van der Waals surface area contributed by atoms with E-state index >= 15 is 0 Å². The highest BCUT2D eigenvalue weighted by Gasteiger charge is 2.20. The third-order valence-electron chi connectivity index (χ3n) is 4.00. The summed E-state index contributed by atoms with van der Waals surface area (Å²) in [6.45, 7) is 3.74. The lowest BCUT2D eigenvalue weighted by Crippen LogP contribution is -2.23. The van der Waals surface area contributed by atoms with E-state index in [0.29, 0.717) is 16.5 Å². The molecule has 1 amide bonds. The molecular weight excluding hydrogens is 351 g/mol. The number of anilines is 1. The molecule has 0 aliphatic heterocycles. The van der Waals surface area contributed by atoms with Gasteiger partial charge >= 0.3 is 0 Å². The molecule has 134 valence electrons. The minimum atomic E-state index is -0.383. The van der Waals surface area contributed by atoms with Gasteiger partial charge in [0.15, 0.2) is 11.0 Å². The maximum absolute atomic E-state index is 14.0. The quantitative estimate of drug-likeness (QED) is 0.689. The second kappa shape index (κ2) is 7.70. The Balaban J connectivity index is 1.74. The molecule has 0 fully saturated rings. The summed E-state index contributed by atoms with van der Waals surface area (Å²) in [4.78, 5) is 12.5. The molecule has 3 rings (SSSR count). The van der Waals surface area contributed by atoms with Crippen molar-refractivity contribution in [3.8, 4) is 11.4 Å². The Bertz CT molecular complexity index is 941. The number of nitrogens with one attached hydrogen (secondary N) is 1. The second-order valence-electron chi connectivity index (χ2n) is 5.91. The monoisotopic (exact) mass is 370 g/mol. The van der Waals surface area contributed by atoms with Crippen LogP contribution in [-0.4, -0.2) is 25.9 Å². The van der Waals surface area contributed by atoms with Gasteiger partial charge in [-0.05, 0) is 37.6 Å². The van der Waals surface area contributed by atoms with E-state index in [4.69, 9.17) is 0 Å². The van der Waals surface area contributed by atoms with Crippen LogP contribution in [0.4, 0.5) is 10.1 Å². The van der Waals surface area contributed by atoms with Crippen molar-refractivity contribution in [1.82, 2.24) is 14.8 Å². The Labute approximate surface area is 155 Å². The van der Waals surface area contributed by atoms with Crippen LogP contribution in [0.2, 0.25) is 0 Å². The summed E-state index contributed by atoms with van der Waals surface area (Å²) >= 11 is 1.28. The first-order chi connectivity index (χ1) is 12.5. The first kappa shape index (κ1) is 18.1. The van der Waals surface area contributed by atoms with E-state index in [1.165, 1.54) is 17.8 Å². The number of rotatable bonds is 5.